The van der Waals surface area contributed by atoms with E-state index in [4.69, 9.17) is 0 Å². The number of aliphatic hydroxyl groups is 2. The van der Waals surface area contributed by atoms with Crippen molar-refractivity contribution in [2.24, 2.45) is 10.8 Å². The smallest absolute Gasteiger partial charge is 0.0729 e. The summed E-state index contributed by atoms with van der Waals surface area (Å²) < 4.78 is 0. The van der Waals surface area contributed by atoms with Crippen molar-refractivity contribution in [3.05, 3.63) is 0 Å². The normalized spacial score (nSPS) is 56.2. The lowest BCUT2D eigenvalue weighted by atomic mass is 9.69. The maximum Gasteiger partial charge on any atom is 0.0729 e. The Kier molecular flexibility index (Phi) is 1.33. The van der Waals surface area contributed by atoms with Crippen molar-refractivity contribution < 1.29 is 10.2 Å². The Morgan fingerprint density at radius 3 is 1.92 bits per heavy atom. The molecule has 2 bridgehead atoms. The van der Waals surface area contributed by atoms with Crippen molar-refractivity contribution >= 4 is 0 Å². The quantitative estimate of drug-likeness (QED) is 0.575. The number of hydrogen-bond donors (Lipinski definition) is 2. The average Bonchev–Trinajstić information content (AvgIpc) is 2.18. The highest BCUT2D eigenvalue weighted by atomic mass is 16.3. The minimum Gasteiger partial charge on any atom is -0.392 e. The number of fused-ring (bicyclic) bond motifs is 2. The first-order chi connectivity index (χ1) is 5.33. The van der Waals surface area contributed by atoms with Gasteiger partial charge in [0.25, 0.3) is 0 Å². The van der Waals surface area contributed by atoms with E-state index in [0.717, 1.165) is 12.8 Å². The van der Waals surface area contributed by atoms with Crippen molar-refractivity contribution in [1.82, 2.24) is 0 Å². The Hall–Kier alpha value is -0.0800. The van der Waals surface area contributed by atoms with E-state index in [1.165, 1.54) is 0 Å². The van der Waals surface area contributed by atoms with E-state index in [1.807, 2.05) is 0 Å². The topological polar surface area (TPSA) is 40.5 Å². The van der Waals surface area contributed by atoms with Crippen molar-refractivity contribution in [1.29, 1.82) is 0 Å². The van der Waals surface area contributed by atoms with E-state index in [2.05, 4.69) is 20.8 Å². The van der Waals surface area contributed by atoms with E-state index >= 15 is 0 Å². The molecule has 2 aliphatic rings. The van der Waals surface area contributed by atoms with Crippen molar-refractivity contribution in [2.75, 3.05) is 0 Å². The third-order valence-electron chi connectivity index (χ3n) is 4.92. The van der Waals surface area contributed by atoms with Crippen LogP contribution in [0.25, 0.3) is 0 Å². The van der Waals surface area contributed by atoms with Gasteiger partial charge in [-0.25, -0.2) is 0 Å². The van der Waals surface area contributed by atoms with E-state index < -0.39 is 5.60 Å². The summed E-state index contributed by atoms with van der Waals surface area (Å²) in [4.78, 5) is 0. The van der Waals surface area contributed by atoms with Gasteiger partial charge in [-0.2, -0.15) is 0 Å². The molecule has 70 valence electrons. The molecule has 0 aliphatic heterocycles. The fourth-order valence-corrected chi connectivity index (χ4v) is 3.11. The molecule has 2 fully saturated rings. The zero-order valence-corrected chi connectivity index (χ0v) is 8.09. The third-order valence-corrected chi connectivity index (χ3v) is 4.92. The van der Waals surface area contributed by atoms with Gasteiger partial charge in [0.05, 0.1) is 11.7 Å². The van der Waals surface area contributed by atoms with Gasteiger partial charge in [0.1, 0.15) is 0 Å². The van der Waals surface area contributed by atoms with Gasteiger partial charge in [-0.1, -0.05) is 20.8 Å². The van der Waals surface area contributed by atoms with E-state index in [-0.39, 0.29) is 16.9 Å². The highest BCUT2D eigenvalue weighted by Crippen LogP contribution is 2.67. The van der Waals surface area contributed by atoms with Crippen molar-refractivity contribution in [3.63, 3.8) is 0 Å². The molecule has 2 saturated carbocycles. The lowest BCUT2D eigenvalue weighted by Gasteiger charge is -2.38. The van der Waals surface area contributed by atoms with Crippen LogP contribution in [0.4, 0.5) is 0 Å². The highest BCUT2D eigenvalue weighted by molar-refractivity contribution is 5.19. The molecule has 0 amide bonds. The molecular weight excluding hydrogens is 152 g/mol. The van der Waals surface area contributed by atoms with Gasteiger partial charge in [0, 0.05) is 17.3 Å². The predicted octanol–water partition coefficient (Wildman–Crippen LogP) is 1.31. The standard InChI is InChI=1S/C10H18O2/c1-8(2)9(3)4-5-10(8,12)6-7(9)11/h7,11-12H,4-6H2,1-3H3/t7?,9-,10-/m1/s1. The maximum absolute atomic E-state index is 10.2. The third kappa shape index (κ3) is 0.612. The Balaban J connectivity index is 2.49. The second-order valence-corrected chi connectivity index (χ2v) is 5.29. The highest BCUT2D eigenvalue weighted by Gasteiger charge is 2.68. The lowest BCUT2D eigenvalue weighted by Crippen LogP contribution is -2.40. The molecule has 2 aliphatic carbocycles. The van der Waals surface area contributed by atoms with Gasteiger partial charge in [-0.3, -0.25) is 0 Å². The van der Waals surface area contributed by atoms with Gasteiger partial charge < -0.3 is 10.2 Å². The summed E-state index contributed by atoms with van der Waals surface area (Å²) in [7, 11) is 0. The number of hydrogen-bond acceptors (Lipinski definition) is 2. The summed E-state index contributed by atoms with van der Waals surface area (Å²) in [6, 6.07) is 0. The summed E-state index contributed by atoms with van der Waals surface area (Å²) in [5.41, 5.74) is -0.803. The molecule has 0 heterocycles. The minimum atomic E-state index is -0.610. The van der Waals surface area contributed by atoms with Crippen LogP contribution in [0.3, 0.4) is 0 Å². The van der Waals surface area contributed by atoms with Crippen molar-refractivity contribution in [3.8, 4) is 0 Å². The second kappa shape index (κ2) is 1.88. The van der Waals surface area contributed by atoms with Crippen LogP contribution in [0.2, 0.25) is 0 Å². The van der Waals surface area contributed by atoms with Crippen LogP contribution in [-0.2, 0) is 0 Å². The van der Waals surface area contributed by atoms with Crippen LogP contribution >= 0.6 is 0 Å². The molecule has 0 radical (unpaired) electrons. The first kappa shape index (κ1) is 8.52. The summed E-state index contributed by atoms with van der Waals surface area (Å²) in [6.45, 7) is 6.26. The fraction of sp³-hybridized carbons (Fsp3) is 1.00. The summed E-state index contributed by atoms with van der Waals surface area (Å²) >= 11 is 0. The van der Waals surface area contributed by atoms with Gasteiger partial charge in [0.2, 0.25) is 0 Å². The molecule has 3 atom stereocenters. The molecule has 12 heavy (non-hydrogen) atoms. The van der Waals surface area contributed by atoms with Gasteiger partial charge in [-0.05, 0) is 12.8 Å². The van der Waals surface area contributed by atoms with Crippen LogP contribution in [0.1, 0.15) is 40.0 Å². The Morgan fingerprint density at radius 2 is 1.75 bits per heavy atom. The predicted molar refractivity (Wildman–Crippen MR) is 46.7 cm³/mol. The summed E-state index contributed by atoms with van der Waals surface area (Å²) in [5, 5.41) is 20.1. The number of aliphatic hydroxyl groups excluding tert-OH is 1. The molecular formula is C10H18O2. The molecule has 2 nitrogen and oxygen atoms in total. The van der Waals surface area contributed by atoms with Crippen LogP contribution < -0.4 is 0 Å². The average molecular weight is 170 g/mol. The molecule has 0 aromatic rings. The fourth-order valence-electron chi connectivity index (χ4n) is 3.11. The molecule has 2 N–H and O–H groups in total. The van der Waals surface area contributed by atoms with Gasteiger partial charge >= 0.3 is 0 Å². The Labute approximate surface area is 73.6 Å². The zero-order valence-electron chi connectivity index (χ0n) is 8.09. The Bertz CT molecular complexity index is 221. The van der Waals surface area contributed by atoms with E-state index in [9.17, 15) is 10.2 Å². The summed E-state index contributed by atoms with van der Waals surface area (Å²) in [5.74, 6) is 0. The molecule has 0 spiro atoms. The van der Waals surface area contributed by atoms with Gasteiger partial charge in [-0.15, -0.1) is 0 Å². The zero-order chi connectivity index (χ0) is 9.20. The largest absolute Gasteiger partial charge is 0.392 e. The molecule has 0 aromatic heterocycles. The Morgan fingerprint density at radius 1 is 1.17 bits per heavy atom. The van der Waals surface area contributed by atoms with Crippen LogP contribution in [0.15, 0.2) is 0 Å². The first-order valence-electron chi connectivity index (χ1n) is 4.74. The minimum absolute atomic E-state index is 0.0677. The van der Waals surface area contributed by atoms with Crippen LogP contribution in [0, 0.1) is 10.8 Å². The number of rotatable bonds is 0. The molecule has 0 saturated heterocycles. The molecule has 0 aromatic carbocycles. The second-order valence-electron chi connectivity index (χ2n) is 5.29. The first-order valence-corrected chi connectivity index (χ1v) is 4.74. The maximum atomic E-state index is 10.2. The van der Waals surface area contributed by atoms with Crippen LogP contribution in [-0.4, -0.2) is 21.9 Å². The van der Waals surface area contributed by atoms with Gasteiger partial charge in [0.15, 0.2) is 0 Å². The molecule has 2 heteroatoms. The molecule has 2 rings (SSSR count). The van der Waals surface area contributed by atoms with E-state index in [0.29, 0.717) is 6.42 Å². The van der Waals surface area contributed by atoms with E-state index in [1.54, 1.807) is 0 Å². The van der Waals surface area contributed by atoms with Crippen LogP contribution in [0.5, 0.6) is 0 Å². The SMILES string of the molecule is CC1(C)[C@@]2(O)CC[C@]1(C)C(O)C2. The molecule has 1 unspecified atom stereocenters. The van der Waals surface area contributed by atoms with Crippen molar-refractivity contribution in [2.45, 2.75) is 51.7 Å². The summed E-state index contributed by atoms with van der Waals surface area (Å²) in [6.07, 6.45) is 2.06. The monoisotopic (exact) mass is 170 g/mol. The lowest BCUT2D eigenvalue weighted by molar-refractivity contribution is -0.0396.